The van der Waals surface area contributed by atoms with Crippen LogP contribution in [-0.2, 0) is 0 Å². The highest BCUT2D eigenvalue weighted by Crippen LogP contribution is 2.63. The zero-order valence-electron chi connectivity index (χ0n) is 44.1. The molecule has 0 atom stereocenters. The van der Waals surface area contributed by atoms with Crippen molar-refractivity contribution in [3.63, 3.8) is 0 Å². The lowest BCUT2D eigenvalue weighted by atomic mass is 9.99. The Kier molecular flexibility index (Phi) is 12.6. The van der Waals surface area contributed by atoms with Gasteiger partial charge >= 0.3 is 0 Å². The SMILES string of the molecule is [C-]#[N+]/C(C#N)=C1/C(=C/c2sc(-c3sc(-c4sc(-c5sc(-c6sc(/C=C7\C(=O)c8cc(F)c(F)cc8C7=C(C#N)C#N)c7c6OCCO7)c6nc(C)c(C)nc56)c5c4OCCO5)c4nc(C)c(C)nc34)c3c2OCCO3)C(=O)c2cc(F)c(F)cc21. The fraction of sp³-hybridized carbons (Fsp3) is 0.167. The Morgan fingerprint density at radius 2 is 0.776 bits per heavy atom. The first-order valence-electron chi connectivity index (χ1n) is 25.5. The third-order valence-corrected chi connectivity index (χ3v) is 21.0. The summed E-state index contributed by atoms with van der Waals surface area (Å²) in [4.78, 5) is 57.8. The van der Waals surface area contributed by atoms with E-state index >= 15 is 0 Å². The molecule has 2 aromatic carbocycles. The lowest BCUT2D eigenvalue weighted by molar-refractivity contribution is 0.103. The maximum absolute atomic E-state index is 14.8. The highest BCUT2D eigenvalue weighted by Gasteiger charge is 2.40. The lowest BCUT2D eigenvalue weighted by Gasteiger charge is -2.17. The number of ether oxygens (including phenoxy) is 6. The molecule has 5 aliphatic rings. The number of hydrogen-bond acceptors (Lipinski definition) is 20. The van der Waals surface area contributed by atoms with Crippen LogP contribution >= 0.6 is 56.7 Å². The molecule has 7 aromatic heterocycles. The number of allylic oxidation sites excluding steroid dienone is 6. The second-order valence-corrected chi connectivity index (χ2v) is 24.6. The highest BCUT2D eigenvalue weighted by molar-refractivity contribution is 7.32. The standard InChI is InChI=1S/C60H30F4N8O8S5/c1-21-23(3)71-43-41(69-21)53(57-49-47(75-6-8-77-49)37(81-57)16-30-39(25(18-65)19-66)26-12-32(61)34(63)14-28(26)45(30)73)83-55(43)59-51-52(80-11-10-79-51)60(85-59)56-44-42(70-22(2)24(4)72-44)54(84-56)58-50-48(76-7-9-78-50)38(82-58)17-31-40(36(20-67)68-5)27-13-33(62)35(64)15-29(27)46(31)74/h12-17H,6-11H2,1-4H3/b30-16-,31-17-,40-36+. The van der Waals surface area contributed by atoms with Gasteiger partial charge in [-0.25, -0.2) is 47.6 Å². The molecule has 25 heteroatoms. The minimum Gasteiger partial charge on any atom is -0.485 e. The van der Waals surface area contributed by atoms with E-state index in [2.05, 4.69) is 4.85 Å². The molecule has 416 valence electrons. The van der Waals surface area contributed by atoms with Gasteiger partial charge in [0.1, 0.15) is 79.4 Å². The molecule has 3 aliphatic heterocycles. The Morgan fingerprint density at radius 1 is 0.471 bits per heavy atom. The molecule has 10 heterocycles. The Labute approximate surface area is 497 Å². The van der Waals surface area contributed by atoms with Gasteiger partial charge in [-0.1, -0.05) is 0 Å². The van der Waals surface area contributed by atoms with Gasteiger partial charge in [0.2, 0.25) is 0 Å². The van der Waals surface area contributed by atoms with Gasteiger partial charge < -0.3 is 28.4 Å². The molecule has 9 aromatic rings. The first-order valence-corrected chi connectivity index (χ1v) is 29.6. The molecule has 0 spiro atoms. The van der Waals surface area contributed by atoms with Crippen molar-refractivity contribution in [3.05, 3.63) is 136 Å². The number of fused-ring (bicyclic) bond motifs is 7. The number of Topliss-reactive ketones (excluding diaryl/α,β-unsaturated/α-hetero) is 2. The molecule has 0 saturated heterocycles. The number of ketones is 2. The van der Waals surface area contributed by atoms with Gasteiger partial charge in [0.15, 0.2) is 69.3 Å². The molecular weight excluding hydrogens is 1200 g/mol. The first kappa shape index (κ1) is 53.4. The molecular formula is C60H30F4N8O8S5. The van der Waals surface area contributed by atoms with Crippen LogP contribution in [-0.4, -0.2) is 71.1 Å². The second kappa shape index (κ2) is 20.0. The summed E-state index contributed by atoms with van der Waals surface area (Å²) in [6.45, 7) is 16.2. The molecule has 0 unspecified atom stereocenters. The van der Waals surface area contributed by atoms with E-state index in [0.29, 0.717) is 117 Å². The molecule has 0 amide bonds. The zero-order valence-corrected chi connectivity index (χ0v) is 48.2. The van der Waals surface area contributed by atoms with E-state index in [-0.39, 0.29) is 95.7 Å². The summed E-state index contributed by atoms with van der Waals surface area (Å²) in [5.41, 5.74) is 2.57. The lowest BCUT2D eigenvalue weighted by Crippen LogP contribution is -2.15. The number of halogens is 4. The summed E-state index contributed by atoms with van der Waals surface area (Å²) in [7, 11) is 0. The third-order valence-electron chi connectivity index (χ3n) is 14.6. The average molecular weight is 1230 g/mol. The van der Waals surface area contributed by atoms with Gasteiger partial charge in [-0.15, -0.1) is 56.7 Å². The van der Waals surface area contributed by atoms with Crippen LogP contribution in [0.2, 0.25) is 0 Å². The van der Waals surface area contributed by atoms with Crippen molar-refractivity contribution < 1.29 is 55.6 Å². The molecule has 0 bridgehead atoms. The van der Waals surface area contributed by atoms with Crippen LogP contribution in [0.25, 0.3) is 89.2 Å². The number of carbonyl (C=O) groups excluding carboxylic acids is 2. The summed E-state index contributed by atoms with van der Waals surface area (Å²) >= 11 is 6.48. The van der Waals surface area contributed by atoms with Crippen LogP contribution in [0.5, 0.6) is 34.5 Å². The van der Waals surface area contributed by atoms with Crippen molar-refractivity contribution in [2.24, 2.45) is 0 Å². The van der Waals surface area contributed by atoms with Crippen molar-refractivity contribution in [1.82, 2.24) is 19.9 Å². The smallest absolute Gasteiger partial charge is 0.270 e. The maximum atomic E-state index is 14.8. The minimum absolute atomic E-state index is 0.0851. The number of rotatable bonds is 6. The second-order valence-electron chi connectivity index (χ2n) is 19.4. The van der Waals surface area contributed by atoms with Crippen LogP contribution in [0.3, 0.4) is 0 Å². The van der Waals surface area contributed by atoms with Gasteiger partial charge in [0, 0.05) is 33.4 Å². The van der Waals surface area contributed by atoms with Gasteiger partial charge in [-0.3, -0.25) is 9.59 Å². The van der Waals surface area contributed by atoms with Crippen molar-refractivity contribution in [3.8, 4) is 91.7 Å². The van der Waals surface area contributed by atoms with Gasteiger partial charge in [-0.05, 0) is 75.2 Å². The van der Waals surface area contributed by atoms with E-state index in [1.165, 1.54) is 68.8 Å². The van der Waals surface area contributed by atoms with Crippen molar-refractivity contribution >= 4 is 114 Å². The number of aryl methyl sites for hydroxylation is 4. The quantitative estimate of drug-likeness (QED) is 0.0654. The van der Waals surface area contributed by atoms with E-state index in [1.54, 1.807) is 12.1 Å². The summed E-state index contributed by atoms with van der Waals surface area (Å²) in [6.07, 6.45) is 2.90. The molecule has 0 fully saturated rings. The van der Waals surface area contributed by atoms with Crippen LogP contribution in [0.15, 0.2) is 46.7 Å². The molecule has 85 heavy (non-hydrogen) atoms. The van der Waals surface area contributed by atoms with Crippen LogP contribution in [0, 0.1) is 91.5 Å². The fourth-order valence-corrected chi connectivity index (χ4v) is 16.9. The Balaban J connectivity index is 0.939. The number of aromatic nitrogens is 4. The zero-order chi connectivity index (χ0) is 59.0. The van der Waals surface area contributed by atoms with Crippen LogP contribution in [0.4, 0.5) is 17.6 Å². The van der Waals surface area contributed by atoms with E-state index in [0.717, 1.165) is 24.3 Å². The number of carbonyl (C=O) groups is 2. The summed E-state index contributed by atoms with van der Waals surface area (Å²) < 4.78 is 97.1. The van der Waals surface area contributed by atoms with Gasteiger partial charge in [0.25, 0.3) is 5.70 Å². The van der Waals surface area contributed by atoms with Crippen molar-refractivity contribution in [1.29, 1.82) is 15.8 Å². The number of hydrogen-bond donors (Lipinski definition) is 0. The summed E-state index contributed by atoms with van der Waals surface area (Å²) in [5.74, 6) is -4.38. The van der Waals surface area contributed by atoms with E-state index < -0.39 is 46.1 Å². The average Bonchev–Trinajstić information content (AvgIpc) is 1.97. The molecule has 16 nitrogen and oxygen atoms in total. The first-order chi connectivity index (χ1) is 41.1. The predicted octanol–water partition coefficient (Wildman–Crippen LogP) is 14.2. The molecule has 14 rings (SSSR count). The van der Waals surface area contributed by atoms with Crippen molar-refractivity contribution in [2.45, 2.75) is 27.7 Å². The Morgan fingerprint density at radius 3 is 1.13 bits per heavy atom. The van der Waals surface area contributed by atoms with Gasteiger partial charge in [-0.2, -0.15) is 10.5 Å². The Hall–Kier alpha value is -9.60. The van der Waals surface area contributed by atoms with Crippen molar-refractivity contribution in [2.75, 3.05) is 39.6 Å². The number of thiophene rings is 5. The number of nitrogens with zero attached hydrogens (tertiary/aromatic N) is 8. The summed E-state index contributed by atoms with van der Waals surface area (Å²) in [6, 6.07) is 8.55. The maximum Gasteiger partial charge on any atom is 0.270 e. The molecule has 2 aliphatic carbocycles. The molecule has 0 saturated carbocycles. The monoisotopic (exact) mass is 1230 g/mol. The summed E-state index contributed by atoms with van der Waals surface area (Å²) in [5, 5.41) is 30.1. The third kappa shape index (κ3) is 8.10. The van der Waals surface area contributed by atoms with Crippen LogP contribution < -0.4 is 28.4 Å². The topological polar surface area (TPSA) is 217 Å². The minimum atomic E-state index is -1.27. The fourth-order valence-electron chi connectivity index (χ4n) is 10.6. The molecule has 0 N–H and O–H groups in total. The predicted molar refractivity (Wildman–Crippen MR) is 310 cm³/mol. The normalized spacial score (nSPS) is 16.2. The largest absolute Gasteiger partial charge is 0.485 e. The van der Waals surface area contributed by atoms with E-state index in [9.17, 15) is 42.9 Å². The molecule has 0 radical (unpaired) electrons. The van der Waals surface area contributed by atoms with Gasteiger partial charge in [0.05, 0.1) is 84.2 Å². The van der Waals surface area contributed by atoms with E-state index in [4.69, 9.17) is 54.9 Å². The van der Waals surface area contributed by atoms with Crippen LogP contribution in [0.1, 0.15) is 64.4 Å². The Bertz CT molecular complexity index is 4620. The highest BCUT2D eigenvalue weighted by atomic mass is 32.1. The van der Waals surface area contributed by atoms with E-state index in [1.807, 2.05) is 33.8 Å². The number of nitriles is 3. The number of benzene rings is 2.